The monoisotopic (exact) mass is 218 g/mol. The molecule has 1 aromatic carbocycles. The van der Waals surface area contributed by atoms with Crippen LogP contribution in [-0.2, 0) is 4.79 Å². The number of ketones is 1. The lowest BCUT2D eigenvalue weighted by atomic mass is 10.1. The van der Waals surface area contributed by atoms with Crippen LogP contribution in [0.5, 0.6) is 0 Å². The fourth-order valence-corrected chi connectivity index (χ4v) is 0.956. The van der Waals surface area contributed by atoms with Crippen molar-refractivity contribution in [1.82, 2.24) is 0 Å². The highest BCUT2D eigenvalue weighted by atomic mass is 19.2. The summed E-state index contributed by atoms with van der Waals surface area (Å²) < 4.78 is 37.7. The van der Waals surface area contributed by atoms with Gasteiger partial charge < -0.3 is 5.11 Å². The van der Waals surface area contributed by atoms with Gasteiger partial charge in [-0.3, -0.25) is 9.59 Å². The first-order valence-corrected chi connectivity index (χ1v) is 3.81. The molecule has 1 rings (SSSR count). The first-order chi connectivity index (χ1) is 6.91. The van der Waals surface area contributed by atoms with Gasteiger partial charge in [-0.25, -0.2) is 13.2 Å². The summed E-state index contributed by atoms with van der Waals surface area (Å²) in [6.07, 6.45) is -0.898. The van der Waals surface area contributed by atoms with Crippen LogP contribution in [0.25, 0.3) is 0 Å². The number of halogens is 3. The number of aliphatic carboxylic acids is 1. The van der Waals surface area contributed by atoms with Crippen molar-refractivity contribution in [2.45, 2.75) is 6.42 Å². The van der Waals surface area contributed by atoms with Crippen LogP contribution >= 0.6 is 0 Å². The summed E-state index contributed by atoms with van der Waals surface area (Å²) in [6.45, 7) is 0. The molecule has 6 heteroatoms. The van der Waals surface area contributed by atoms with Crippen LogP contribution in [-0.4, -0.2) is 16.9 Å². The maximum absolute atomic E-state index is 12.6. The lowest BCUT2D eigenvalue weighted by Crippen LogP contribution is -2.08. The predicted molar refractivity (Wildman–Crippen MR) is 42.9 cm³/mol. The number of carboxylic acid groups (broad SMARTS) is 1. The van der Waals surface area contributed by atoms with E-state index in [9.17, 15) is 22.8 Å². The van der Waals surface area contributed by atoms with Gasteiger partial charge >= 0.3 is 5.97 Å². The minimum Gasteiger partial charge on any atom is -0.481 e. The van der Waals surface area contributed by atoms with Gasteiger partial charge in [0.1, 0.15) is 6.42 Å². The summed E-state index contributed by atoms with van der Waals surface area (Å²) in [5, 5.41) is 8.26. The van der Waals surface area contributed by atoms with Crippen LogP contribution in [0.1, 0.15) is 16.8 Å². The van der Waals surface area contributed by atoms with Crippen molar-refractivity contribution in [3.8, 4) is 0 Å². The Morgan fingerprint density at radius 2 is 1.60 bits per heavy atom. The van der Waals surface area contributed by atoms with Crippen LogP contribution in [0, 0.1) is 17.5 Å². The second kappa shape index (κ2) is 4.12. The molecule has 0 aliphatic rings. The summed E-state index contributed by atoms with van der Waals surface area (Å²) in [5.41, 5.74) is -0.506. The van der Waals surface area contributed by atoms with Crippen LogP contribution in [0.15, 0.2) is 12.1 Å². The van der Waals surface area contributed by atoms with Gasteiger partial charge in [0, 0.05) is 5.56 Å². The number of benzene rings is 1. The zero-order valence-electron chi connectivity index (χ0n) is 7.26. The predicted octanol–water partition coefficient (Wildman–Crippen LogP) is 1.76. The second-order valence-electron chi connectivity index (χ2n) is 2.75. The first kappa shape index (κ1) is 11.2. The fourth-order valence-electron chi connectivity index (χ4n) is 0.956. The van der Waals surface area contributed by atoms with Gasteiger partial charge in [-0.15, -0.1) is 0 Å². The molecule has 80 valence electrons. The summed E-state index contributed by atoms with van der Waals surface area (Å²) >= 11 is 0. The number of carboxylic acids is 1. The summed E-state index contributed by atoms with van der Waals surface area (Å²) in [4.78, 5) is 21.2. The molecule has 1 aromatic rings. The number of hydrogen-bond acceptors (Lipinski definition) is 2. The first-order valence-electron chi connectivity index (χ1n) is 3.81. The van der Waals surface area contributed by atoms with E-state index in [-0.39, 0.29) is 0 Å². The van der Waals surface area contributed by atoms with Crippen LogP contribution in [0.4, 0.5) is 13.2 Å². The third-order valence-corrected chi connectivity index (χ3v) is 1.62. The molecule has 0 heterocycles. The molecular weight excluding hydrogens is 213 g/mol. The van der Waals surface area contributed by atoms with Gasteiger partial charge in [0.25, 0.3) is 0 Å². The van der Waals surface area contributed by atoms with Gasteiger partial charge in [0.05, 0.1) is 0 Å². The van der Waals surface area contributed by atoms with E-state index in [1.54, 1.807) is 0 Å². The molecule has 1 N–H and O–H groups in total. The Kier molecular flexibility index (Phi) is 3.08. The summed E-state index contributed by atoms with van der Waals surface area (Å²) in [5.74, 6) is -7.15. The highest BCUT2D eigenvalue weighted by molar-refractivity contribution is 6.05. The largest absolute Gasteiger partial charge is 0.481 e. The zero-order valence-corrected chi connectivity index (χ0v) is 7.26. The lowest BCUT2D eigenvalue weighted by molar-refractivity contribution is -0.135. The smallest absolute Gasteiger partial charge is 0.311 e. The average molecular weight is 218 g/mol. The second-order valence-corrected chi connectivity index (χ2v) is 2.75. The van der Waals surface area contributed by atoms with Crippen LogP contribution in [0.3, 0.4) is 0 Å². The summed E-state index contributed by atoms with van der Waals surface area (Å²) in [7, 11) is 0. The molecule has 15 heavy (non-hydrogen) atoms. The van der Waals surface area contributed by atoms with E-state index in [4.69, 9.17) is 5.11 Å². The molecule has 0 aliphatic heterocycles. The van der Waals surface area contributed by atoms with E-state index < -0.39 is 41.2 Å². The quantitative estimate of drug-likeness (QED) is 0.477. The molecular formula is C9H5F3O3. The van der Waals surface area contributed by atoms with Gasteiger partial charge in [-0.2, -0.15) is 0 Å². The Bertz CT molecular complexity index is 406. The minimum atomic E-state index is -1.69. The molecule has 3 nitrogen and oxygen atoms in total. The molecule has 0 aliphatic carbocycles. The molecule has 0 aromatic heterocycles. The van der Waals surface area contributed by atoms with Gasteiger partial charge in [0.2, 0.25) is 0 Å². The van der Waals surface area contributed by atoms with Gasteiger partial charge in [-0.1, -0.05) is 0 Å². The third kappa shape index (κ3) is 2.55. The van der Waals surface area contributed by atoms with Crippen LogP contribution < -0.4 is 0 Å². The van der Waals surface area contributed by atoms with E-state index in [1.807, 2.05) is 0 Å². The normalized spacial score (nSPS) is 10.1. The van der Waals surface area contributed by atoms with Gasteiger partial charge in [0.15, 0.2) is 23.2 Å². The number of Topliss-reactive ketones (excluding diaryl/α,β-unsaturated/α-hetero) is 1. The Balaban J connectivity index is 3.06. The van der Waals surface area contributed by atoms with Gasteiger partial charge in [-0.05, 0) is 12.1 Å². The molecule has 0 radical (unpaired) electrons. The van der Waals surface area contributed by atoms with E-state index in [0.29, 0.717) is 12.1 Å². The number of carbonyl (C=O) groups is 2. The standard InChI is InChI=1S/C9H5F3O3/c10-5-1-4(2-6(11)9(5)12)7(13)3-8(14)15/h1-2H,3H2,(H,14,15). The number of hydrogen-bond donors (Lipinski definition) is 1. The highest BCUT2D eigenvalue weighted by Crippen LogP contribution is 2.14. The highest BCUT2D eigenvalue weighted by Gasteiger charge is 2.16. The molecule has 0 saturated heterocycles. The molecule has 0 atom stereocenters. The van der Waals surface area contributed by atoms with E-state index in [2.05, 4.69) is 0 Å². The number of rotatable bonds is 3. The molecule has 0 bridgehead atoms. The van der Waals surface area contributed by atoms with E-state index in [0.717, 1.165) is 0 Å². The maximum Gasteiger partial charge on any atom is 0.311 e. The van der Waals surface area contributed by atoms with Crippen molar-refractivity contribution in [2.75, 3.05) is 0 Å². The Morgan fingerprint density at radius 1 is 1.13 bits per heavy atom. The Morgan fingerprint density at radius 3 is 2.00 bits per heavy atom. The number of carbonyl (C=O) groups excluding carboxylic acids is 1. The van der Waals surface area contributed by atoms with Crippen molar-refractivity contribution >= 4 is 11.8 Å². The van der Waals surface area contributed by atoms with Crippen molar-refractivity contribution in [2.24, 2.45) is 0 Å². The third-order valence-electron chi connectivity index (χ3n) is 1.62. The summed E-state index contributed by atoms with van der Waals surface area (Å²) in [6, 6.07) is 0.924. The maximum atomic E-state index is 12.6. The topological polar surface area (TPSA) is 54.4 Å². The van der Waals surface area contributed by atoms with Crippen LogP contribution in [0.2, 0.25) is 0 Å². The minimum absolute atomic E-state index is 0.462. The molecule has 0 unspecified atom stereocenters. The van der Waals surface area contributed by atoms with Crippen molar-refractivity contribution in [1.29, 1.82) is 0 Å². The average Bonchev–Trinajstić information content (AvgIpc) is 2.12. The van der Waals surface area contributed by atoms with Crippen molar-refractivity contribution in [3.63, 3.8) is 0 Å². The Hall–Kier alpha value is -1.85. The van der Waals surface area contributed by atoms with Crippen molar-refractivity contribution in [3.05, 3.63) is 35.1 Å². The molecule has 0 amide bonds. The Labute approximate surface area is 82.1 Å². The molecule has 0 fully saturated rings. The van der Waals surface area contributed by atoms with E-state index >= 15 is 0 Å². The molecule has 0 spiro atoms. The molecule has 0 saturated carbocycles. The lowest BCUT2D eigenvalue weighted by Gasteiger charge is -2.00. The van der Waals surface area contributed by atoms with E-state index in [1.165, 1.54) is 0 Å². The van der Waals surface area contributed by atoms with Crippen molar-refractivity contribution < 1.29 is 27.9 Å². The fraction of sp³-hybridized carbons (Fsp3) is 0.111. The zero-order chi connectivity index (χ0) is 11.6. The SMILES string of the molecule is O=C(O)CC(=O)c1cc(F)c(F)c(F)c1.